The lowest BCUT2D eigenvalue weighted by molar-refractivity contribution is 0.198. The van der Waals surface area contributed by atoms with Crippen LogP contribution in [0, 0.1) is 6.92 Å². The Morgan fingerprint density at radius 1 is 1.37 bits per heavy atom. The first kappa shape index (κ1) is 13.4. The minimum Gasteiger partial charge on any atom is -0.493 e. The molecule has 102 valence electrons. The standard InChI is InChI=1S/C13H16N2O4/c1-8(16)10-4-5-11(12(6-10)17-3)18-7-13-14-9(2)19-15-13/h4-6,8,16H,7H2,1-3H3. The van der Waals surface area contributed by atoms with Crippen LogP contribution < -0.4 is 9.47 Å². The average molecular weight is 264 g/mol. The van der Waals surface area contributed by atoms with Gasteiger partial charge in [0.25, 0.3) is 0 Å². The molecule has 19 heavy (non-hydrogen) atoms. The van der Waals surface area contributed by atoms with Crippen molar-refractivity contribution in [2.75, 3.05) is 7.11 Å². The van der Waals surface area contributed by atoms with Crippen molar-refractivity contribution in [3.8, 4) is 11.5 Å². The number of nitrogens with zero attached hydrogens (tertiary/aromatic N) is 2. The van der Waals surface area contributed by atoms with E-state index in [-0.39, 0.29) is 6.61 Å². The third-order valence-corrected chi connectivity index (χ3v) is 2.60. The summed E-state index contributed by atoms with van der Waals surface area (Å²) >= 11 is 0. The zero-order valence-electron chi connectivity index (χ0n) is 11.1. The number of aryl methyl sites for hydroxylation is 1. The first-order chi connectivity index (χ1) is 9.10. The molecule has 0 saturated carbocycles. The molecular weight excluding hydrogens is 248 g/mol. The van der Waals surface area contributed by atoms with Gasteiger partial charge in [-0.05, 0) is 24.6 Å². The molecule has 2 aromatic rings. The van der Waals surface area contributed by atoms with Gasteiger partial charge < -0.3 is 19.1 Å². The quantitative estimate of drug-likeness (QED) is 0.890. The molecule has 1 aromatic heterocycles. The first-order valence-corrected chi connectivity index (χ1v) is 5.88. The molecule has 0 bridgehead atoms. The Morgan fingerprint density at radius 2 is 2.16 bits per heavy atom. The zero-order valence-corrected chi connectivity index (χ0v) is 11.1. The number of aliphatic hydroxyl groups excluding tert-OH is 1. The molecule has 0 radical (unpaired) electrons. The van der Waals surface area contributed by atoms with Gasteiger partial charge in [0.2, 0.25) is 11.7 Å². The van der Waals surface area contributed by atoms with Crippen molar-refractivity contribution in [2.24, 2.45) is 0 Å². The van der Waals surface area contributed by atoms with Crippen molar-refractivity contribution >= 4 is 0 Å². The average Bonchev–Trinajstić information content (AvgIpc) is 2.81. The fraction of sp³-hybridized carbons (Fsp3) is 0.385. The van der Waals surface area contributed by atoms with E-state index in [1.54, 1.807) is 39.2 Å². The van der Waals surface area contributed by atoms with Gasteiger partial charge in [0.05, 0.1) is 13.2 Å². The summed E-state index contributed by atoms with van der Waals surface area (Å²) in [6.45, 7) is 3.60. The summed E-state index contributed by atoms with van der Waals surface area (Å²) in [4.78, 5) is 4.04. The molecule has 1 unspecified atom stereocenters. The maximum Gasteiger partial charge on any atom is 0.223 e. The lowest BCUT2D eigenvalue weighted by Crippen LogP contribution is -2.00. The second-order valence-electron chi connectivity index (χ2n) is 4.10. The summed E-state index contributed by atoms with van der Waals surface area (Å²) in [6, 6.07) is 5.26. The van der Waals surface area contributed by atoms with E-state index in [4.69, 9.17) is 14.0 Å². The molecule has 1 atom stereocenters. The lowest BCUT2D eigenvalue weighted by Gasteiger charge is -2.12. The maximum atomic E-state index is 9.52. The van der Waals surface area contributed by atoms with Crippen LogP contribution in [0.2, 0.25) is 0 Å². The largest absolute Gasteiger partial charge is 0.493 e. The van der Waals surface area contributed by atoms with Crippen molar-refractivity contribution in [1.29, 1.82) is 0 Å². The highest BCUT2D eigenvalue weighted by Crippen LogP contribution is 2.30. The van der Waals surface area contributed by atoms with Gasteiger partial charge in [-0.2, -0.15) is 4.98 Å². The summed E-state index contributed by atoms with van der Waals surface area (Å²) in [7, 11) is 1.55. The highest BCUT2D eigenvalue weighted by atomic mass is 16.5. The van der Waals surface area contributed by atoms with Gasteiger partial charge in [-0.25, -0.2) is 0 Å². The van der Waals surface area contributed by atoms with Gasteiger partial charge in [0.1, 0.15) is 0 Å². The van der Waals surface area contributed by atoms with Crippen molar-refractivity contribution in [1.82, 2.24) is 10.1 Å². The number of hydrogen-bond acceptors (Lipinski definition) is 6. The molecule has 0 fully saturated rings. The number of aliphatic hydroxyl groups is 1. The molecule has 0 aliphatic rings. The smallest absolute Gasteiger partial charge is 0.223 e. The van der Waals surface area contributed by atoms with Crippen LogP contribution in [0.1, 0.15) is 30.3 Å². The van der Waals surface area contributed by atoms with E-state index in [0.717, 1.165) is 5.56 Å². The maximum absolute atomic E-state index is 9.52. The number of benzene rings is 1. The fourth-order valence-electron chi connectivity index (χ4n) is 1.61. The summed E-state index contributed by atoms with van der Waals surface area (Å²) in [5.41, 5.74) is 0.764. The summed E-state index contributed by atoms with van der Waals surface area (Å²) < 4.78 is 15.7. The Bertz CT molecular complexity index is 551. The normalized spacial score (nSPS) is 12.2. The van der Waals surface area contributed by atoms with Crippen LogP contribution in [0.3, 0.4) is 0 Å². The lowest BCUT2D eigenvalue weighted by atomic mass is 10.1. The predicted octanol–water partition coefficient (Wildman–Crippen LogP) is 2.02. The molecule has 1 aromatic carbocycles. The Labute approximate surface area is 111 Å². The summed E-state index contributed by atoms with van der Waals surface area (Å²) in [6.07, 6.45) is -0.553. The van der Waals surface area contributed by atoms with Crippen molar-refractivity contribution in [3.05, 3.63) is 35.5 Å². The molecule has 1 N–H and O–H groups in total. The molecule has 0 spiro atoms. The van der Waals surface area contributed by atoms with E-state index >= 15 is 0 Å². The SMILES string of the molecule is COc1cc(C(C)O)ccc1OCc1noc(C)n1. The first-order valence-electron chi connectivity index (χ1n) is 5.88. The van der Waals surface area contributed by atoms with Crippen molar-refractivity contribution in [3.63, 3.8) is 0 Å². The monoisotopic (exact) mass is 264 g/mol. The Kier molecular flexibility index (Phi) is 4.01. The zero-order chi connectivity index (χ0) is 13.8. The number of ether oxygens (including phenoxy) is 2. The molecule has 6 nitrogen and oxygen atoms in total. The molecular formula is C13H16N2O4. The van der Waals surface area contributed by atoms with Crippen LogP contribution in [-0.4, -0.2) is 22.4 Å². The Hall–Kier alpha value is -2.08. The van der Waals surface area contributed by atoms with Crippen LogP contribution in [0.4, 0.5) is 0 Å². The van der Waals surface area contributed by atoms with E-state index in [1.807, 2.05) is 0 Å². The van der Waals surface area contributed by atoms with Crippen molar-refractivity contribution < 1.29 is 19.1 Å². The second kappa shape index (κ2) is 5.71. The number of hydrogen-bond donors (Lipinski definition) is 1. The van der Waals surface area contributed by atoms with Crippen LogP contribution >= 0.6 is 0 Å². The summed E-state index contributed by atoms with van der Waals surface area (Å²) in [5.74, 6) is 2.09. The Balaban J connectivity index is 2.11. The van der Waals surface area contributed by atoms with E-state index in [1.165, 1.54) is 0 Å². The predicted molar refractivity (Wildman–Crippen MR) is 67.0 cm³/mol. The number of methoxy groups -OCH3 is 1. The highest BCUT2D eigenvalue weighted by molar-refractivity contribution is 5.43. The Morgan fingerprint density at radius 3 is 2.74 bits per heavy atom. The van der Waals surface area contributed by atoms with E-state index in [2.05, 4.69) is 10.1 Å². The molecule has 0 aliphatic heterocycles. The van der Waals surface area contributed by atoms with Crippen LogP contribution in [0.5, 0.6) is 11.5 Å². The molecule has 0 amide bonds. The minimum atomic E-state index is -0.553. The van der Waals surface area contributed by atoms with Crippen LogP contribution in [0.25, 0.3) is 0 Å². The van der Waals surface area contributed by atoms with Gasteiger partial charge in [-0.3, -0.25) is 0 Å². The van der Waals surface area contributed by atoms with Crippen molar-refractivity contribution in [2.45, 2.75) is 26.6 Å². The van der Waals surface area contributed by atoms with E-state index < -0.39 is 6.10 Å². The molecule has 0 saturated heterocycles. The van der Waals surface area contributed by atoms with Gasteiger partial charge in [0.15, 0.2) is 18.1 Å². The topological polar surface area (TPSA) is 77.6 Å². The van der Waals surface area contributed by atoms with Crippen LogP contribution in [0.15, 0.2) is 22.7 Å². The summed E-state index contributed by atoms with van der Waals surface area (Å²) in [5, 5.41) is 13.3. The van der Waals surface area contributed by atoms with Crippen LogP contribution in [-0.2, 0) is 6.61 Å². The third kappa shape index (κ3) is 3.23. The molecule has 2 rings (SSSR count). The highest BCUT2D eigenvalue weighted by Gasteiger charge is 2.10. The third-order valence-electron chi connectivity index (χ3n) is 2.60. The molecule has 6 heteroatoms. The second-order valence-corrected chi connectivity index (χ2v) is 4.10. The van der Waals surface area contributed by atoms with Gasteiger partial charge >= 0.3 is 0 Å². The van der Waals surface area contributed by atoms with E-state index in [0.29, 0.717) is 23.2 Å². The van der Waals surface area contributed by atoms with Gasteiger partial charge in [-0.15, -0.1) is 0 Å². The molecule has 0 aliphatic carbocycles. The molecule has 1 heterocycles. The van der Waals surface area contributed by atoms with Gasteiger partial charge in [-0.1, -0.05) is 11.2 Å². The van der Waals surface area contributed by atoms with Gasteiger partial charge in [0, 0.05) is 6.92 Å². The van der Waals surface area contributed by atoms with E-state index in [9.17, 15) is 5.11 Å². The number of rotatable bonds is 5. The number of aromatic nitrogens is 2. The fourth-order valence-corrected chi connectivity index (χ4v) is 1.61. The minimum absolute atomic E-state index is 0.196.